The van der Waals surface area contributed by atoms with Crippen LogP contribution >= 0.6 is 0 Å². The Morgan fingerprint density at radius 2 is 1.94 bits per heavy atom. The first-order chi connectivity index (χ1) is 16.7. The van der Waals surface area contributed by atoms with Crippen LogP contribution in [0.5, 0.6) is 0 Å². The maximum Gasteiger partial charge on any atom is 0.433 e. The number of carbonyl (C=O) groups excluding carboxylic acids is 1. The molecule has 0 saturated heterocycles. The molecule has 5 aromatic rings. The van der Waals surface area contributed by atoms with Gasteiger partial charge in [-0.2, -0.15) is 23.3 Å². The first kappa shape index (κ1) is 22.1. The third-order valence-electron chi connectivity index (χ3n) is 5.17. The van der Waals surface area contributed by atoms with E-state index in [-0.39, 0.29) is 29.6 Å². The zero-order valence-electron chi connectivity index (χ0n) is 18.1. The third-order valence-corrected chi connectivity index (χ3v) is 5.17. The molecule has 0 aliphatic rings. The van der Waals surface area contributed by atoms with E-state index in [4.69, 9.17) is 10.5 Å². The molecule has 0 aliphatic heterocycles. The summed E-state index contributed by atoms with van der Waals surface area (Å²) in [7, 11) is 0. The number of imidazole rings is 1. The Hall–Kier alpha value is -4.68. The van der Waals surface area contributed by atoms with Gasteiger partial charge in [0.25, 0.3) is 0 Å². The van der Waals surface area contributed by atoms with Crippen molar-refractivity contribution in [1.29, 1.82) is 0 Å². The second kappa shape index (κ2) is 8.27. The van der Waals surface area contributed by atoms with Gasteiger partial charge in [-0.1, -0.05) is 12.1 Å². The molecular weight excluding hydrogens is 465 g/mol. The molecule has 0 saturated carbocycles. The highest BCUT2D eigenvalue weighted by Crippen LogP contribution is 2.34. The number of nitrogens with one attached hydrogen (secondary N) is 2. The number of anilines is 3. The van der Waals surface area contributed by atoms with E-state index in [1.54, 1.807) is 31.2 Å². The Balaban J connectivity index is 1.48. The number of pyridine rings is 1. The van der Waals surface area contributed by atoms with Gasteiger partial charge in [0.2, 0.25) is 5.95 Å². The number of alkyl halides is 3. The Kier molecular flexibility index (Phi) is 5.23. The summed E-state index contributed by atoms with van der Waals surface area (Å²) in [5, 5.41) is 7.12. The molecule has 4 aromatic heterocycles. The Labute approximate surface area is 195 Å². The second-order valence-corrected chi connectivity index (χ2v) is 7.43. The quantitative estimate of drug-likeness (QED) is 0.317. The summed E-state index contributed by atoms with van der Waals surface area (Å²) in [4.78, 5) is 27.1. The number of benzene rings is 1. The van der Waals surface area contributed by atoms with Crippen LogP contribution in [0.4, 0.5) is 30.6 Å². The number of aromatic amines is 1. The molecule has 0 radical (unpaired) electrons. The fourth-order valence-corrected chi connectivity index (χ4v) is 3.66. The molecule has 4 N–H and O–H groups in total. The molecule has 0 atom stereocenters. The minimum absolute atomic E-state index is 0.0613. The molecule has 0 bridgehead atoms. The Bertz CT molecular complexity index is 1560. The molecule has 5 rings (SSSR count). The van der Waals surface area contributed by atoms with Gasteiger partial charge in [-0.3, -0.25) is 0 Å². The monoisotopic (exact) mass is 482 g/mol. The number of nitrogen functional groups attached to an aromatic ring is 1. The van der Waals surface area contributed by atoms with Gasteiger partial charge in [-0.15, -0.1) is 0 Å². The number of hydrogen-bond donors (Lipinski definition) is 3. The molecule has 13 heteroatoms. The SMILES string of the molecule is CCOC(=O)c1cn2ncnc(N)c2c1-c1ccc(Nc2nc3nc(C(F)(F)F)ccc3[nH]2)cc1. The molecule has 0 amide bonds. The summed E-state index contributed by atoms with van der Waals surface area (Å²) >= 11 is 0. The highest BCUT2D eigenvalue weighted by Gasteiger charge is 2.32. The van der Waals surface area contributed by atoms with Crippen LogP contribution in [0.15, 0.2) is 48.9 Å². The largest absolute Gasteiger partial charge is 0.462 e. The van der Waals surface area contributed by atoms with E-state index in [1.807, 2.05) is 0 Å². The van der Waals surface area contributed by atoms with Crippen LogP contribution in [0.2, 0.25) is 0 Å². The molecule has 0 aliphatic carbocycles. The lowest BCUT2D eigenvalue weighted by Crippen LogP contribution is -2.07. The number of rotatable bonds is 5. The highest BCUT2D eigenvalue weighted by atomic mass is 19.4. The fraction of sp³-hybridized carbons (Fsp3) is 0.136. The van der Waals surface area contributed by atoms with Crippen molar-refractivity contribution < 1.29 is 22.7 Å². The number of halogens is 3. The summed E-state index contributed by atoms with van der Waals surface area (Å²) in [6.45, 7) is 1.91. The van der Waals surface area contributed by atoms with Crippen molar-refractivity contribution in [2.24, 2.45) is 0 Å². The van der Waals surface area contributed by atoms with Crippen molar-refractivity contribution in [2.45, 2.75) is 13.1 Å². The van der Waals surface area contributed by atoms with Gasteiger partial charge in [0.05, 0.1) is 17.7 Å². The topological polar surface area (TPSA) is 136 Å². The van der Waals surface area contributed by atoms with Gasteiger partial charge in [0.1, 0.15) is 17.5 Å². The van der Waals surface area contributed by atoms with Crippen molar-refractivity contribution in [3.63, 3.8) is 0 Å². The van der Waals surface area contributed by atoms with Crippen LogP contribution in [0.3, 0.4) is 0 Å². The zero-order chi connectivity index (χ0) is 24.7. The van der Waals surface area contributed by atoms with Crippen molar-refractivity contribution in [3.8, 4) is 11.1 Å². The molecule has 178 valence electrons. The summed E-state index contributed by atoms with van der Waals surface area (Å²) in [5.41, 5.74) is 7.84. The normalized spacial score (nSPS) is 11.8. The first-order valence-electron chi connectivity index (χ1n) is 10.3. The summed E-state index contributed by atoms with van der Waals surface area (Å²) in [5.74, 6) is -0.109. The molecule has 35 heavy (non-hydrogen) atoms. The highest BCUT2D eigenvalue weighted by molar-refractivity contribution is 6.04. The van der Waals surface area contributed by atoms with Gasteiger partial charge >= 0.3 is 12.1 Å². The van der Waals surface area contributed by atoms with Gasteiger partial charge in [0, 0.05) is 17.4 Å². The van der Waals surface area contributed by atoms with Crippen molar-refractivity contribution >= 4 is 40.1 Å². The number of nitrogens with zero attached hydrogens (tertiary/aromatic N) is 5. The van der Waals surface area contributed by atoms with E-state index in [2.05, 4.69) is 30.4 Å². The predicted octanol–water partition coefficient (Wildman–Crippen LogP) is 4.19. The van der Waals surface area contributed by atoms with E-state index in [0.29, 0.717) is 27.8 Å². The Morgan fingerprint density at radius 1 is 1.17 bits per heavy atom. The number of aromatic nitrogens is 6. The van der Waals surface area contributed by atoms with Gasteiger partial charge in [0.15, 0.2) is 11.5 Å². The molecule has 4 heterocycles. The minimum atomic E-state index is -4.56. The molecule has 0 spiro atoms. The fourth-order valence-electron chi connectivity index (χ4n) is 3.66. The van der Waals surface area contributed by atoms with E-state index < -0.39 is 17.8 Å². The molecule has 0 fully saturated rings. The number of ether oxygens (including phenoxy) is 1. The van der Waals surface area contributed by atoms with Crippen LogP contribution in [-0.2, 0) is 10.9 Å². The van der Waals surface area contributed by atoms with E-state index in [1.165, 1.54) is 23.1 Å². The van der Waals surface area contributed by atoms with Gasteiger partial charge in [-0.05, 0) is 36.8 Å². The number of fused-ring (bicyclic) bond motifs is 2. The molecular formula is C22H17F3N8O2. The molecule has 0 unspecified atom stereocenters. The van der Waals surface area contributed by atoms with E-state index in [9.17, 15) is 18.0 Å². The summed E-state index contributed by atoms with van der Waals surface area (Å²) in [6.07, 6.45) is -1.74. The third kappa shape index (κ3) is 4.07. The second-order valence-electron chi connectivity index (χ2n) is 7.43. The maximum absolute atomic E-state index is 12.9. The Morgan fingerprint density at radius 3 is 2.66 bits per heavy atom. The number of esters is 1. The molecule has 10 nitrogen and oxygen atoms in total. The number of hydrogen-bond acceptors (Lipinski definition) is 8. The zero-order valence-corrected chi connectivity index (χ0v) is 18.1. The van der Waals surface area contributed by atoms with Crippen molar-refractivity contribution in [1.82, 2.24) is 29.5 Å². The number of H-pyrrole nitrogens is 1. The van der Waals surface area contributed by atoms with Crippen molar-refractivity contribution in [2.75, 3.05) is 17.7 Å². The van der Waals surface area contributed by atoms with Crippen LogP contribution in [-0.4, -0.2) is 42.1 Å². The average Bonchev–Trinajstić information content (AvgIpc) is 3.40. The average molecular weight is 482 g/mol. The van der Waals surface area contributed by atoms with Crippen LogP contribution in [0.1, 0.15) is 23.0 Å². The minimum Gasteiger partial charge on any atom is -0.462 e. The standard InChI is InChI=1S/C22H17F3N8O2/c1-2-35-20(34)13-9-33-17(18(26)27-10-28-33)16(13)11-3-5-12(6-4-11)29-21-30-14-7-8-15(22(23,24)25)31-19(14)32-21/h3-10H,2H2,1H3,(H2,26,27,28)(H2,29,30,31,32). The van der Waals surface area contributed by atoms with Crippen LogP contribution in [0.25, 0.3) is 27.8 Å². The lowest BCUT2D eigenvalue weighted by Gasteiger charge is -2.08. The number of nitrogens with two attached hydrogens (primary N) is 1. The van der Waals surface area contributed by atoms with E-state index >= 15 is 0 Å². The lowest BCUT2D eigenvalue weighted by molar-refractivity contribution is -0.141. The maximum atomic E-state index is 12.9. The predicted molar refractivity (Wildman–Crippen MR) is 121 cm³/mol. The van der Waals surface area contributed by atoms with Crippen LogP contribution < -0.4 is 11.1 Å². The number of carbonyl (C=O) groups is 1. The molecule has 1 aromatic carbocycles. The first-order valence-corrected chi connectivity index (χ1v) is 10.3. The van der Waals surface area contributed by atoms with E-state index in [0.717, 1.165) is 6.07 Å². The lowest BCUT2D eigenvalue weighted by atomic mass is 10.0. The summed E-state index contributed by atoms with van der Waals surface area (Å²) in [6, 6.07) is 9.09. The van der Waals surface area contributed by atoms with Gasteiger partial charge < -0.3 is 20.8 Å². The van der Waals surface area contributed by atoms with Crippen LogP contribution in [0, 0.1) is 0 Å². The van der Waals surface area contributed by atoms with Gasteiger partial charge in [-0.25, -0.2) is 19.3 Å². The van der Waals surface area contributed by atoms with Crippen molar-refractivity contribution in [3.05, 3.63) is 60.2 Å². The summed E-state index contributed by atoms with van der Waals surface area (Å²) < 4.78 is 45.4. The smallest absolute Gasteiger partial charge is 0.433 e.